The largest absolute Gasteiger partial charge is 0.465 e. The third-order valence-electron chi connectivity index (χ3n) is 1.34. The second kappa shape index (κ2) is 7.49. The summed E-state index contributed by atoms with van der Waals surface area (Å²) in [6, 6.07) is 0. The number of allylic oxidation sites excluding steroid dienone is 1. The van der Waals surface area contributed by atoms with Gasteiger partial charge in [0.15, 0.2) is 0 Å². The van der Waals surface area contributed by atoms with E-state index in [0.29, 0.717) is 19.4 Å². The summed E-state index contributed by atoms with van der Waals surface area (Å²) in [5.41, 5.74) is 0. The van der Waals surface area contributed by atoms with E-state index in [4.69, 9.17) is 4.74 Å². The molecule has 0 aromatic heterocycles. The minimum Gasteiger partial charge on any atom is -0.465 e. The minimum absolute atomic E-state index is 0.246. The summed E-state index contributed by atoms with van der Waals surface area (Å²) in [5, 5.41) is 0. The van der Waals surface area contributed by atoms with Gasteiger partial charge in [0.25, 0.3) is 0 Å². The highest BCUT2D eigenvalue weighted by Gasteiger charge is 2.04. The third kappa shape index (κ3) is 7.21. The van der Waals surface area contributed by atoms with E-state index in [0.717, 1.165) is 0 Å². The molecule has 0 aliphatic rings. The van der Waals surface area contributed by atoms with Crippen molar-refractivity contribution in [3.05, 3.63) is 12.2 Å². The van der Waals surface area contributed by atoms with Crippen molar-refractivity contribution in [3.8, 4) is 0 Å². The SMILES string of the molecule is CCOC(=O)CN(C)CC=CC=O. The molecular formula is C9H15NO3. The molecule has 0 amide bonds. The first-order chi connectivity index (χ1) is 6.20. The molecule has 0 fully saturated rings. The van der Waals surface area contributed by atoms with E-state index in [1.807, 2.05) is 0 Å². The highest BCUT2D eigenvalue weighted by molar-refractivity contribution is 5.71. The Morgan fingerprint density at radius 1 is 1.54 bits per heavy atom. The van der Waals surface area contributed by atoms with Crippen LogP contribution >= 0.6 is 0 Å². The molecular weight excluding hydrogens is 170 g/mol. The van der Waals surface area contributed by atoms with Crippen molar-refractivity contribution < 1.29 is 14.3 Å². The van der Waals surface area contributed by atoms with Gasteiger partial charge in [-0.25, -0.2) is 0 Å². The van der Waals surface area contributed by atoms with E-state index in [1.54, 1.807) is 24.9 Å². The molecule has 0 aromatic rings. The first-order valence-electron chi connectivity index (χ1n) is 4.15. The summed E-state index contributed by atoms with van der Waals surface area (Å²) in [7, 11) is 1.78. The van der Waals surface area contributed by atoms with Crippen molar-refractivity contribution in [2.24, 2.45) is 0 Å². The van der Waals surface area contributed by atoms with Gasteiger partial charge in [-0.15, -0.1) is 0 Å². The normalized spacial score (nSPS) is 10.7. The second-order valence-corrected chi connectivity index (χ2v) is 2.57. The van der Waals surface area contributed by atoms with Crippen LogP contribution in [0.15, 0.2) is 12.2 Å². The molecule has 0 heterocycles. The van der Waals surface area contributed by atoms with Crippen LogP contribution in [0.3, 0.4) is 0 Å². The van der Waals surface area contributed by atoms with Crippen molar-refractivity contribution in [3.63, 3.8) is 0 Å². The van der Waals surface area contributed by atoms with Gasteiger partial charge in [-0.2, -0.15) is 0 Å². The number of aldehydes is 1. The lowest BCUT2D eigenvalue weighted by Gasteiger charge is -2.12. The van der Waals surface area contributed by atoms with E-state index in [9.17, 15) is 9.59 Å². The molecule has 0 aliphatic heterocycles. The van der Waals surface area contributed by atoms with Gasteiger partial charge >= 0.3 is 5.97 Å². The molecule has 0 atom stereocenters. The van der Waals surface area contributed by atoms with Gasteiger partial charge in [0.05, 0.1) is 13.2 Å². The monoisotopic (exact) mass is 185 g/mol. The molecule has 0 aromatic carbocycles. The number of carbonyl (C=O) groups excluding carboxylic acids is 2. The first-order valence-corrected chi connectivity index (χ1v) is 4.15. The topological polar surface area (TPSA) is 46.6 Å². The van der Waals surface area contributed by atoms with Crippen LogP contribution in [0.4, 0.5) is 0 Å². The Bertz CT molecular complexity index is 189. The zero-order chi connectivity index (χ0) is 10.1. The van der Waals surface area contributed by atoms with Gasteiger partial charge in [-0.05, 0) is 20.0 Å². The average Bonchev–Trinajstić information content (AvgIpc) is 2.05. The first kappa shape index (κ1) is 11.8. The van der Waals surface area contributed by atoms with Crippen molar-refractivity contribution in [1.82, 2.24) is 4.90 Å². The zero-order valence-electron chi connectivity index (χ0n) is 8.03. The van der Waals surface area contributed by atoms with E-state index in [1.165, 1.54) is 6.08 Å². The van der Waals surface area contributed by atoms with E-state index < -0.39 is 0 Å². The van der Waals surface area contributed by atoms with Crippen LogP contribution in [-0.2, 0) is 14.3 Å². The van der Waals surface area contributed by atoms with Crippen molar-refractivity contribution in [1.29, 1.82) is 0 Å². The third-order valence-corrected chi connectivity index (χ3v) is 1.34. The summed E-state index contributed by atoms with van der Waals surface area (Å²) in [4.78, 5) is 22.6. The number of ether oxygens (including phenoxy) is 1. The minimum atomic E-state index is -0.246. The highest BCUT2D eigenvalue weighted by atomic mass is 16.5. The molecule has 0 bridgehead atoms. The zero-order valence-corrected chi connectivity index (χ0v) is 8.03. The fourth-order valence-electron chi connectivity index (χ4n) is 0.788. The molecule has 0 saturated carbocycles. The highest BCUT2D eigenvalue weighted by Crippen LogP contribution is 1.86. The number of nitrogens with zero attached hydrogens (tertiary/aromatic N) is 1. The molecule has 0 unspecified atom stereocenters. The van der Waals surface area contributed by atoms with Crippen LogP contribution < -0.4 is 0 Å². The summed E-state index contributed by atoms with van der Waals surface area (Å²) >= 11 is 0. The van der Waals surface area contributed by atoms with Crippen LogP contribution in [0.1, 0.15) is 6.92 Å². The predicted molar refractivity (Wildman–Crippen MR) is 49.3 cm³/mol. The van der Waals surface area contributed by atoms with Gasteiger partial charge in [0, 0.05) is 6.54 Å². The second-order valence-electron chi connectivity index (χ2n) is 2.57. The molecule has 0 radical (unpaired) electrons. The Morgan fingerprint density at radius 2 is 2.23 bits per heavy atom. The van der Waals surface area contributed by atoms with Crippen LogP contribution in [-0.4, -0.2) is 43.9 Å². The number of likely N-dealkylation sites (N-methyl/N-ethyl adjacent to an activating group) is 1. The molecule has 0 rings (SSSR count). The fourth-order valence-corrected chi connectivity index (χ4v) is 0.788. The molecule has 0 N–H and O–H groups in total. The van der Waals surface area contributed by atoms with Crippen LogP contribution in [0.5, 0.6) is 0 Å². The number of carbonyl (C=O) groups is 2. The standard InChI is InChI=1S/C9H15NO3/c1-3-13-9(12)8-10(2)6-4-5-7-11/h4-5,7H,3,6,8H2,1-2H3. The predicted octanol–water partition coefficient (Wildman–Crippen LogP) is 0.236. The number of hydrogen-bond donors (Lipinski definition) is 0. The quantitative estimate of drug-likeness (QED) is 0.338. The molecule has 74 valence electrons. The van der Waals surface area contributed by atoms with Gasteiger partial charge in [-0.1, -0.05) is 6.08 Å². The summed E-state index contributed by atoms with van der Waals surface area (Å²) in [5.74, 6) is -0.246. The Kier molecular flexibility index (Phi) is 6.82. The summed E-state index contributed by atoms with van der Waals surface area (Å²) in [6.07, 6.45) is 3.80. The maximum atomic E-state index is 10.9. The average molecular weight is 185 g/mol. The molecule has 0 aliphatic carbocycles. The van der Waals surface area contributed by atoms with Gasteiger partial charge in [-0.3, -0.25) is 14.5 Å². The maximum absolute atomic E-state index is 10.9. The molecule has 0 spiro atoms. The molecule has 13 heavy (non-hydrogen) atoms. The van der Waals surface area contributed by atoms with Crippen molar-refractivity contribution >= 4 is 12.3 Å². The summed E-state index contributed by atoms with van der Waals surface area (Å²) in [6.45, 7) is 2.98. The van der Waals surface area contributed by atoms with E-state index in [2.05, 4.69) is 0 Å². The number of esters is 1. The van der Waals surface area contributed by atoms with Crippen LogP contribution in [0.2, 0.25) is 0 Å². The van der Waals surface area contributed by atoms with Gasteiger partial charge in [0.2, 0.25) is 0 Å². The lowest BCUT2D eigenvalue weighted by Crippen LogP contribution is -2.27. The Balaban J connectivity index is 3.60. The number of hydrogen-bond acceptors (Lipinski definition) is 4. The van der Waals surface area contributed by atoms with Gasteiger partial charge < -0.3 is 4.74 Å². The Labute approximate surface area is 78.2 Å². The fraction of sp³-hybridized carbons (Fsp3) is 0.556. The Hall–Kier alpha value is -1.16. The maximum Gasteiger partial charge on any atom is 0.320 e. The lowest BCUT2D eigenvalue weighted by molar-refractivity contribution is -0.143. The van der Waals surface area contributed by atoms with Crippen molar-refractivity contribution in [2.45, 2.75) is 6.92 Å². The lowest BCUT2D eigenvalue weighted by atomic mass is 10.4. The van der Waals surface area contributed by atoms with Crippen LogP contribution in [0.25, 0.3) is 0 Å². The smallest absolute Gasteiger partial charge is 0.320 e. The van der Waals surface area contributed by atoms with Gasteiger partial charge in [0.1, 0.15) is 6.29 Å². The van der Waals surface area contributed by atoms with E-state index >= 15 is 0 Å². The number of rotatable bonds is 6. The van der Waals surface area contributed by atoms with Crippen molar-refractivity contribution in [2.75, 3.05) is 26.7 Å². The van der Waals surface area contributed by atoms with E-state index in [-0.39, 0.29) is 12.5 Å². The Morgan fingerprint density at radius 3 is 2.77 bits per heavy atom. The summed E-state index contributed by atoms with van der Waals surface area (Å²) < 4.78 is 4.74. The molecule has 0 saturated heterocycles. The molecule has 4 nitrogen and oxygen atoms in total. The molecule has 4 heteroatoms. The van der Waals surface area contributed by atoms with Crippen LogP contribution in [0, 0.1) is 0 Å².